The minimum atomic E-state index is -0.154. The van der Waals surface area contributed by atoms with E-state index in [0.29, 0.717) is 11.6 Å². The van der Waals surface area contributed by atoms with Gasteiger partial charge in [-0.1, -0.05) is 30.3 Å². The molecular weight excluding hydrogens is 312 g/mol. The Morgan fingerprint density at radius 3 is 2.84 bits per heavy atom. The molecule has 25 heavy (non-hydrogen) atoms. The predicted molar refractivity (Wildman–Crippen MR) is 98.2 cm³/mol. The van der Waals surface area contributed by atoms with Crippen LogP contribution < -0.4 is 5.32 Å². The minimum absolute atomic E-state index is 0.154. The highest BCUT2D eigenvalue weighted by atomic mass is 16.1. The van der Waals surface area contributed by atoms with Gasteiger partial charge in [0.2, 0.25) is 0 Å². The first kappa shape index (κ1) is 17.5. The molecule has 3 rings (SSSR count). The molecule has 0 saturated carbocycles. The second kappa shape index (κ2) is 8.72. The summed E-state index contributed by atoms with van der Waals surface area (Å²) in [5, 5.41) is 2.62. The lowest BCUT2D eigenvalue weighted by atomic mass is 9.95. The highest BCUT2D eigenvalue weighted by Crippen LogP contribution is 2.22. The van der Waals surface area contributed by atoms with Crippen LogP contribution in [0.25, 0.3) is 0 Å². The largest absolute Gasteiger partial charge is 0.354 e. The lowest BCUT2D eigenvalue weighted by Crippen LogP contribution is -2.24. The van der Waals surface area contributed by atoms with Crippen molar-refractivity contribution in [3.63, 3.8) is 0 Å². The molecular formula is C20H26N4O. The van der Waals surface area contributed by atoms with Crippen molar-refractivity contribution in [3.05, 3.63) is 59.7 Å². The van der Waals surface area contributed by atoms with E-state index in [4.69, 9.17) is 0 Å². The fourth-order valence-corrected chi connectivity index (χ4v) is 3.49. The van der Waals surface area contributed by atoms with Gasteiger partial charge in [0.1, 0.15) is 12.0 Å². The Hall–Kier alpha value is -2.27. The molecule has 1 unspecified atom stereocenters. The van der Waals surface area contributed by atoms with Crippen LogP contribution in [0.3, 0.4) is 0 Å². The average molecular weight is 338 g/mol. The summed E-state index contributed by atoms with van der Waals surface area (Å²) in [6.45, 7) is 3.30. The SMILES string of the molecule is CNC(=O)c1cc(CC2CCCN(Cc3ccccc3)CC2)ncn1. The van der Waals surface area contributed by atoms with Gasteiger partial charge in [0.15, 0.2) is 0 Å². The van der Waals surface area contributed by atoms with Crippen molar-refractivity contribution >= 4 is 5.91 Å². The molecule has 1 aliphatic rings. The molecule has 0 bridgehead atoms. The van der Waals surface area contributed by atoms with Crippen LogP contribution in [-0.4, -0.2) is 40.9 Å². The van der Waals surface area contributed by atoms with E-state index in [1.807, 2.05) is 6.07 Å². The highest BCUT2D eigenvalue weighted by Gasteiger charge is 2.18. The third-order valence-electron chi connectivity index (χ3n) is 4.87. The first-order chi connectivity index (χ1) is 12.2. The maximum absolute atomic E-state index is 11.7. The summed E-state index contributed by atoms with van der Waals surface area (Å²) in [5.74, 6) is 0.465. The number of amides is 1. The van der Waals surface area contributed by atoms with Crippen LogP contribution in [0, 0.1) is 5.92 Å². The average Bonchev–Trinajstić information content (AvgIpc) is 2.87. The van der Waals surface area contributed by atoms with Crippen LogP contribution in [0.4, 0.5) is 0 Å². The zero-order chi connectivity index (χ0) is 17.5. The second-order valence-electron chi connectivity index (χ2n) is 6.74. The van der Waals surface area contributed by atoms with Crippen molar-refractivity contribution < 1.29 is 4.79 Å². The monoisotopic (exact) mass is 338 g/mol. The van der Waals surface area contributed by atoms with Crippen molar-refractivity contribution in [1.82, 2.24) is 20.2 Å². The number of carbonyl (C=O) groups is 1. The number of rotatable bonds is 5. The molecule has 2 heterocycles. The van der Waals surface area contributed by atoms with Crippen molar-refractivity contribution in [3.8, 4) is 0 Å². The van der Waals surface area contributed by atoms with Gasteiger partial charge in [-0.15, -0.1) is 0 Å². The van der Waals surface area contributed by atoms with Gasteiger partial charge in [-0.2, -0.15) is 0 Å². The number of hydrogen-bond acceptors (Lipinski definition) is 4. The molecule has 1 amide bonds. The molecule has 0 spiro atoms. The second-order valence-corrected chi connectivity index (χ2v) is 6.74. The smallest absolute Gasteiger partial charge is 0.269 e. The summed E-state index contributed by atoms with van der Waals surface area (Å²) in [7, 11) is 1.62. The van der Waals surface area contributed by atoms with Gasteiger partial charge in [-0.3, -0.25) is 9.69 Å². The first-order valence-electron chi connectivity index (χ1n) is 9.04. The topological polar surface area (TPSA) is 58.1 Å². The molecule has 1 N–H and O–H groups in total. The fourth-order valence-electron chi connectivity index (χ4n) is 3.49. The van der Waals surface area contributed by atoms with Crippen molar-refractivity contribution in [2.24, 2.45) is 5.92 Å². The molecule has 5 heteroatoms. The molecule has 1 fully saturated rings. The summed E-state index contributed by atoms with van der Waals surface area (Å²) in [6.07, 6.45) is 6.02. The Balaban J connectivity index is 1.55. The molecule has 1 aliphatic heterocycles. The highest BCUT2D eigenvalue weighted by molar-refractivity contribution is 5.91. The molecule has 0 radical (unpaired) electrons. The quantitative estimate of drug-likeness (QED) is 0.911. The molecule has 1 aromatic heterocycles. The zero-order valence-electron chi connectivity index (χ0n) is 14.8. The van der Waals surface area contributed by atoms with E-state index in [9.17, 15) is 4.79 Å². The molecule has 1 aromatic carbocycles. The molecule has 5 nitrogen and oxygen atoms in total. The van der Waals surface area contributed by atoms with E-state index in [1.54, 1.807) is 7.05 Å². The summed E-state index contributed by atoms with van der Waals surface area (Å²) < 4.78 is 0. The first-order valence-corrected chi connectivity index (χ1v) is 9.04. The Bertz CT molecular complexity index is 689. The van der Waals surface area contributed by atoms with Gasteiger partial charge in [-0.25, -0.2) is 9.97 Å². The Labute approximate surface area is 149 Å². The normalized spacial score (nSPS) is 18.5. The summed E-state index contributed by atoms with van der Waals surface area (Å²) in [6, 6.07) is 12.5. The van der Waals surface area contributed by atoms with E-state index >= 15 is 0 Å². The third-order valence-corrected chi connectivity index (χ3v) is 4.87. The van der Waals surface area contributed by atoms with Crippen molar-refractivity contribution in [2.45, 2.75) is 32.2 Å². The minimum Gasteiger partial charge on any atom is -0.354 e. The van der Waals surface area contributed by atoms with E-state index in [0.717, 1.165) is 31.7 Å². The molecule has 1 atom stereocenters. The van der Waals surface area contributed by atoms with Gasteiger partial charge >= 0.3 is 0 Å². The van der Waals surface area contributed by atoms with Gasteiger partial charge in [0, 0.05) is 19.3 Å². The van der Waals surface area contributed by atoms with Crippen LogP contribution in [0.2, 0.25) is 0 Å². The van der Waals surface area contributed by atoms with Crippen LogP contribution in [0.5, 0.6) is 0 Å². The van der Waals surface area contributed by atoms with E-state index in [1.165, 1.54) is 31.2 Å². The van der Waals surface area contributed by atoms with Crippen LogP contribution in [0.1, 0.15) is 41.0 Å². The molecule has 0 aliphatic carbocycles. The summed E-state index contributed by atoms with van der Waals surface area (Å²) >= 11 is 0. The van der Waals surface area contributed by atoms with Crippen LogP contribution in [0.15, 0.2) is 42.7 Å². The Morgan fingerprint density at radius 1 is 1.20 bits per heavy atom. The van der Waals surface area contributed by atoms with Crippen LogP contribution >= 0.6 is 0 Å². The maximum Gasteiger partial charge on any atom is 0.269 e. The zero-order valence-corrected chi connectivity index (χ0v) is 14.8. The summed E-state index contributed by atoms with van der Waals surface area (Å²) in [5.41, 5.74) is 2.80. The van der Waals surface area contributed by atoms with E-state index in [2.05, 4.69) is 50.5 Å². The van der Waals surface area contributed by atoms with Crippen LogP contribution in [-0.2, 0) is 13.0 Å². The molecule has 2 aromatic rings. The molecule has 132 valence electrons. The van der Waals surface area contributed by atoms with Gasteiger partial charge in [-0.05, 0) is 56.3 Å². The Kier molecular flexibility index (Phi) is 6.12. The maximum atomic E-state index is 11.7. The van der Waals surface area contributed by atoms with E-state index in [-0.39, 0.29) is 5.91 Å². The van der Waals surface area contributed by atoms with Gasteiger partial charge < -0.3 is 5.32 Å². The van der Waals surface area contributed by atoms with Crippen molar-refractivity contribution in [2.75, 3.05) is 20.1 Å². The number of nitrogens with one attached hydrogen (secondary N) is 1. The fraction of sp³-hybridized carbons (Fsp3) is 0.450. The van der Waals surface area contributed by atoms with Crippen molar-refractivity contribution in [1.29, 1.82) is 0 Å². The van der Waals surface area contributed by atoms with Gasteiger partial charge in [0.25, 0.3) is 5.91 Å². The predicted octanol–water partition coefficient (Wildman–Crippen LogP) is 2.68. The third kappa shape index (κ3) is 5.10. The van der Waals surface area contributed by atoms with E-state index < -0.39 is 0 Å². The standard InChI is InChI=1S/C20H26N4O/c1-21-20(25)19-13-18(22-15-23-19)12-16-8-5-10-24(11-9-16)14-17-6-3-2-4-7-17/h2-4,6-7,13,15-16H,5,8-12,14H2,1H3,(H,21,25). The lowest BCUT2D eigenvalue weighted by Gasteiger charge is -2.20. The number of carbonyl (C=O) groups excluding carboxylic acids is 1. The Morgan fingerprint density at radius 2 is 2.04 bits per heavy atom. The summed E-state index contributed by atoms with van der Waals surface area (Å²) in [4.78, 5) is 22.7. The van der Waals surface area contributed by atoms with Gasteiger partial charge in [0.05, 0.1) is 0 Å². The number of benzene rings is 1. The lowest BCUT2D eigenvalue weighted by molar-refractivity contribution is 0.0958. The number of hydrogen-bond donors (Lipinski definition) is 1. The number of likely N-dealkylation sites (tertiary alicyclic amines) is 1. The molecule has 1 saturated heterocycles. The number of aromatic nitrogens is 2. The number of nitrogens with zero attached hydrogens (tertiary/aromatic N) is 3.